The molecule has 3 aromatic rings. The zero-order chi connectivity index (χ0) is 29.7. The Bertz CT molecular complexity index is 1460. The molecule has 1 N–H and O–H groups in total. The molecule has 1 atom stereocenters. The van der Waals surface area contributed by atoms with Crippen molar-refractivity contribution in [1.29, 1.82) is 0 Å². The zero-order valence-electron chi connectivity index (χ0n) is 21.5. The van der Waals surface area contributed by atoms with Crippen LogP contribution in [0.25, 0.3) is 0 Å². The molecule has 0 heterocycles. The van der Waals surface area contributed by atoms with Gasteiger partial charge in [-0.15, -0.1) is 0 Å². The normalized spacial score (nSPS) is 12.5. The van der Waals surface area contributed by atoms with Gasteiger partial charge in [0.2, 0.25) is 11.8 Å². The third kappa shape index (κ3) is 7.55. The molecule has 1 unspecified atom stereocenters. The maximum absolute atomic E-state index is 13.8. The number of carbonyl (C=O) groups is 2. The summed E-state index contributed by atoms with van der Waals surface area (Å²) >= 11 is 9.56. The molecule has 0 aliphatic rings. The molecular formula is C27H26BrClF3N3O4S. The molecule has 0 saturated carbocycles. The molecule has 0 fully saturated rings. The van der Waals surface area contributed by atoms with Crippen LogP contribution in [0.1, 0.15) is 25.0 Å². The third-order valence-electron chi connectivity index (χ3n) is 5.94. The number of anilines is 1. The molecule has 40 heavy (non-hydrogen) atoms. The van der Waals surface area contributed by atoms with Crippen LogP contribution in [0.3, 0.4) is 0 Å². The number of hydrogen-bond acceptors (Lipinski definition) is 4. The third-order valence-corrected chi connectivity index (χ3v) is 8.56. The van der Waals surface area contributed by atoms with Gasteiger partial charge in [-0.25, -0.2) is 8.42 Å². The summed E-state index contributed by atoms with van der Waals surface area (Å²) in [5.74, 6) is -1.31. The molecule has 0 aliphatic heterocycles. The highest BCUT2D eigenvalue weighted by Crippen LogP contribution is 2.37. The van der Waals surface area contributed by atoms with Crippen LogP contribution in [0, 0.1) is 0 Å². The van der Waals surface area contributed by atoms with Gasteiger partial charge in [0.05, 0.1) is 21.2 Å². The molecule has 0 radical (unpaired) electrons. The standard InChI is InChI=1S/C27H26BrClF3N3O4S/c1-3-33-26(37)18(2)34(16-19-9-12-21(28)13-10-19)25(36)17-35(40(38,39)22-7-5-4-6-8-22)24-15-20(27(30,31)32)11-14-23(24)29/h4-15,18H,3,16-17H2,1-2H3,(H,33,37). The lowest BCUT2D eigenvalue weighted by Crippen LogP contribution is -2.51. The van der Waals surface area contributed by atoms with Crippen LogP contribution in [0.15, 0.2) is 82.2 Å². The van der Waals surface area contributed by atoms with Gasteiger partial charge in [0.15, 0.2) is 0 Å². The Morgan fingerprint density at radius 2 is 1.65 bits per heavy atom. The highest BCUT2D eigenvalue weighted by Gasteiger charge is 2.36. The van der Waals surface area contributed by atoms with E-state index in [1.807, 2.05) is 0 Å². The Hall–Kier alpha value is -3.09. The molecule has 214 valence electrons. The van der Waals surface area contributed by atoms with Gasteiger partial charge in [0.1, 0.15) is 12.6 Å². The lowest BCUT2D eigenvalue weighted by molar-refractivity contribution is -0.139. The van der Waals surface area contributed by atoms with E-state index in [0.29, 0.717) is 15.9 Å². The minimum atomic E-state index is -4.80. The van der Waals surface area contributed by atoms with E-state index in [2.05, 4.69) is 21.2 Å². The van der Waals surface area contributed by atoms with E-state index < -0.39 is 51.9 Å². The number of hydrogen-bond donors (Lipinski definition) is 1. The van der Waals surface area contributed by atoms with Crippen LogP contribution in [-0.4, -0.2) is 44.3 Å². The SMILES string of the molecule is CCNC(=O)C(C)N(Cc1ccc(Br)cc1)C(=O)CN(c1cc(C(F)(F)F)ccc1Cl)S(=O)(=O)c1ccccc1. The highest BCUT2D eigenvalue weighted by molar-refractivity contribution is 9.10. The first-order chi connectivity index (χ1) is 18.8. The van der Waals surface area contributed by atoms with Crippen molar-refractivity contribution in [2.45, 2.75) is 37.5 Å². The van der Waals surface area contributed by atoms with Crippen LogP contribution >= 0.6 is 27.5 Å². The fourth-order valence-corrected chi connectivity index (χ4v) is 5.78. The quantitative estimate of drug-likeness (QED) is 0.295. The largest absolute Gasteiger partial charge is 0.416 e. The topological polar surface area (TPSA) is 86.8 Å². The molecule has 2 amide bonds. The van der Waals surface area contributed by atoms with Crippen molar-refractivity contribution in [1.82, 2.24) is 10.2 Å². The van der Waals surface area contributed by atoms with Gasteiger partial charge in [-0.3, -0.25) is 13.9 Å². The maximum Gasteiger partial charge on any atom is 0.416 e. The van der Waals surface area contributed by atoms with Gasteiger partial charge in [-0.1, -0.05) is 57.9 Å². The minimum absolute atomic E-state index is 0.0695. The summed E-state index contributed by atoms with van der Waals surface area (Å²) in [6, 6.07) is 15.1. The first kappa shape index (κ1) is 31.4. The Labute approximate surface area is 244 Å². The number of sulfonamides is 1. The van der Waals surface area contributed by atoms with Crippen molar-refractivity contribution in [2.75, 3.05) is 17.4 Å². The molecule has 3 aromatic carbocycles. The Balaban J connectivity index is 2.12. The minimum Gasteiger partial charge on any atom is -0.355 e. The Morgan fingerprint density at radius 3 is 2.23 bits per heavy atom. The molecule has 0 bridgehead atoms. The van der Waals surface area contributed by atoms with Crippen LogP contribution in [0.5, 0.6) is 0 Å². The van der Waals surface area contributed by atoms with Crippen molar-refractivity contribution in [3.8, 4) is 0 Å². The fourth-order valence-electron chi connectivity index (χ4n) is 3.80. The van der Waals surface area contributed by atoms with Gasteiger partial charge in [0.25, 0.3) is 10.0 Å². The summed E-state index contributed by atoms with van der Waals surface area (Å²) < 4.78 is 69.5. The van der Waals surface area contributed by atoms with Crippen molar-refractivity contribution in [3.05, 3.63) is 93.4 Å². The van der Waals surface area contributed by atoms with Gasteiger partial charge < -0.3 is 10.2 Å². The second-order valence-electron chi connectivity index (χ2n) is 8.71. The van der Waals surface area contributed by atoms with Gasteiger partial charge in [0, 0.05) is 17.6 Å². The van der Waals surface area contributed by atoms with Gasteiger partial charge in [-0.05, 0) is 61.9 Å². The number of carbonyl (C=O) groups excluding carboxylic acids is 2. The first-order valence-corrected chi connectivity index (χ1v) is 14.6. The summed E-state index contributed by atoms with van der Waals surface area (Å²) in [7, 11) is -4.57. The molecule has 0 spiro atoms. The van der Waals surface area contributed by atoms with E-state index in [-0.39, 0.29) is 23.0 Å². The van der Waals surface area contributed by atoms with E-state index in [4.69, 9.17) is 11.6 Å². The molecule has 3 rings (SSSR count). The smallest absolute Gasteiger partial charge is 0.355 e. The molecule has 0 saturated heterocycles. The van der Waals surface area contributed by atoms with Crippen LogP contribution in [0.4, 0.5) is 18.9 Å². The predicted octanol–water partition coefficient (Wildman–Crippen LogP) is 5.87. The summed E-state index contributed by atoms with van der Waals surface area (Å²) in [5, 5.41) is 2.32. The number of nitrogens with one attached hydrogen (secondary N) is 1. The van der Waals surface area contributed by atoms with Crippen LogP contribution in [-0.2, 0) is 32.3 Å². The monoisotopic (exact) mass is 659 g/mol. The van der Waals surface area contributed by atoms with E-state index in [9.17, 15) is 31.2 Å². The van der Waals surface area contributed by atoms with Gasteiger partial charge in [-0.2, -0.15) is 13.2 Å². The number of alkyl halides is 3. The predicted molar refractivity (Wildman–Crippen MR) is 150 cm³/mol. The Morgan fingerprint density at radius 1 is 1.02 bits per heavy atom. The highest BCUT2D eigenvalue weighted by atomic mass is 79.9. The zero-order valence-corrected chi connectivity index (χ0v) is 24.6. The molecule has 7 nitrogen and oxygen atoms in total. The fraction of sp³-hybridized carbons (Fsp3) is 0.259. The maximum atomic E-state index is 13.8. The first-order valence-electron chi connectivity index (χ1n) is 12.0. The number of halogens is 5. The number of amides is 2. The number of nitrogens with zero attached hydrogens (tertiary/aromatic N) is 2. The number of likely N-dealkylation sites (N-methyl/N-ethyl adjacent to an activating group) is 1. The second-order valence-corrected chi connectivity index (χ2v) is 11.9. The van der Waals surface area contributed by atoms with Gasteiger partial charge >= 0.3 is 6.18 Å². The molecule has 0 aromatic heterocycles. The van der Waals surface area contributed by atoms with Crippen molar-refractivity contribution in [2.24, 2.45) is 0 Å². The molecular weight excluding hydrogens is 635 g/mol. The molecule has 13 heteroatoms. The number of rotatable bonds is 10. The van der Waals surface area contributed by atoms with Crippen LogP contribution in [0.2, 0.25) is 5.02 Å². The van der Waals surface area contributed by atoms with E-state index >= 15 is 0 Å². The van der Waals surface area contributed by atoms with E-state index in [1.165, 1.54) is 36.1 Å². The van der Waals surface area contributed by atoms with Crippen molar-refractivity contribution in [3.63, 3.8) is 0 Å². The number of benzene rings is 3. The average molecular weight is 661 g/mol. The van der Waals surface area contributed by atoms with Crippen molar-refractivity contribution >= 4 is 55.1 Å². The van der Waals surface area contributed by atoms with E-state index in [1.54, 1.807) is 37.3 Å². The summed E-state index contributed by atoms with van der Waals surface area (Å²) in [5.41, 5.74) is -1.03. The van der Waals surface area contributed by atoms with E-state index in [0.717, 1.165) is 16.6 Å². The lowest BCUT2D eigenvalue weighted by atomic mass is 10.1. The summed E-state index contributed by atoms with van der Waals surface area (Å²) in [6.45, 7) is 2.49. The summed E-state index contributed by atoms with van der Waals surface area (Å²) in [6.07, 6.45) is -4.80. The lowest BCUT2D eigenvalue weighted by Gasteiger charge is -2.32. The molecule has 0 aliphatic carbocycles. The average Bonchev–Trinajstić information content (AvgIpc) is 2.91. The summed E-state index contributed by atoms with van der Waals surface area (Å²) in [4.78, 5) is 27.4. The van der Waals surface area contributed by atoms with Crippen molar-refractivity contribution < 1.29 is 31.2 Å². The Kier molecular flexibility index (Phi) is 10.3. The van der Waals surface area contributed by atoms with Crippen LogP contribution < -0.4 is 9.62 Å². The second kappa shape index (κ2) is 13.0.